The molecule has 3 rings (SSSR count). The van der Waals surface area contributed by atoms with Gasteiger partial charge in [0.25, 0.3) is 0 Å². The molecular weight excluding hydrogens is 226 g/mol. The van der Waals surface area contributed by atoms with E-state index in [1.54, 1.807) is 0 Å². The Morgan fingerprint density at radius 2 is 2.06 bits per heavy atom. The standard InChI is InChI=1S/C14H15N3O/c15-14-16-8-12(17-14)9-18-13-6-5-10-3-1-2-4-11(10)7-13/h1-7,12H,8-9H2,(H3,15,16,17). The molecule has 1 atom stereocenters. The molecule has 0 radical (unpaired) electrons. The van der Waals surface area contributed by atoms with Crippen molar-refractivity contribution in [3.8, 4) is 5.75 Å². The molecule has 4 nitrogen and oxygen atoms in total. The van der Waals surface area contributed by atoms with Crippen LogP contribution in [-0.4, -0.2) is 25.2 Å². The molecule has 0 saturated carbocycles. The predicted octanol–water partition coefficient (Wildman–Crippen LogP) is 1.51. The quantitative estimate of drug-likeness (QED) is 0.856. The SMILES string of the molecule is NC1=NCC(COc2ccc3ccccc3c2)N1. The van der Waals surface area contributed by atoms with Crippen LogP contribution in [0.4, 0.5) is 0 Å². The van der Waals surface area contributed by atoms with E-state index >= 15 is 0 Å². The minimum Gasteiger partial charge on any atom is -0.491 e. The van der Waals surface area contributed by atoms with Crippen LogP contribution in [0.15, 0.2) is 47.5 Å². The van der Waals surface area contributed by atoms with E-state index in [0.29, 0.717) is 19.1 Å². The zero-order valence-corrected chi connectivity index (χ0v) is 9.97. The van der Waals surface area contributed by atoms with Crippen molar-refractivity contribution < 1.29 is 4.74 Å². The third-order valence-electron chi connectivity index (χ3n) is 3.01. The fraction of sp³-hybridized carbons (Fsp3) is 0.214. The second-order valence-corrected chi connectivity index (χ2v) is 4.39. The normalized spacial score (nSPS) is 18.4. The smallest absolute Gasteiger partial charge is 0.189 e. The summed E-state index contributed by atoms with van der Waals surface area (Å²) in [5.41, 5.74) is 5.55. The van der Waals surface area contributed by atoms with E-state index in [-0.39, 0.29) is 6.04 Å². The van der Waals surface area contributed by atoms with Crippen LogP contribution in [0.5, 0.6) is 5.75 Å². The largest absolute Gasteiger partial charge is 0.491 e. The molecule has 0 amide bonds. The van der Waals surface area contributed by atoms with Crippen molar-refractivity contribution >= 4 is 16.7 Å². The highest BCUT2D eigenvalue weighted by atomic mass is 16.5. The molecule has 1 heterocycles. The highest BCUT2D eigenvalue weighted by molar-refractivity contribution is 5.83. The van der Waals surface area contributed by atoms with Gasteiger partial charge >= 0.3 is 0 Å². The lowest BCUT2D eigenvalue weighted by atomic mass is 10.1. The second-order valence-electron chi connectivity index (χ2n) is 4.39. The molecule has 0 aromatic heterocycles. The van der Waals surface area contributed by atoms with Crippen molar-refractivity contribution in [2.45, 2.75) is 6.04 Å². The van der Waals surface area contributed by atoms with Crippen molar-refractivity contribution in [3.05, 3.63) is 42.5 Å². The van der Waals surface area contributed by atoms with Gasteiger partial charge in [0.15, 0.2) is 5.96 Å². The molecule has 0 fully saturated rings. The molecule has 0 aliphatic carbocycles. The molecular formula is C14H15N3O. The molecule has 0 bridgehead atoms. The Hall–Kier alpha value is -2.23. The van der Waals surface area contributed by atoms with Crippen molar-refractivity contribution in [2.24, 2.45) is 10.7 Å². The van der Waals surface area contributed by atoms with Gasteiger partial charge in [-0.05, 0) is 22.9 Å². The van der Waals surface area contributed by atoms with Crippen LogP contribution in [-0.2, 0) is 0 Å². The predicted molar refractivity (Wildman–Crippen MR) is 72.9 cm³/mol. The molecule has 2 aromatic rings. The number of ether oxygens (including phenoxy) is 1. The van der Waals surface area contributed by atoms with Crippen LogP contribution in [0.3, 0.4) is 0 Å². The first-order valence-corrected chi connectivity index (χ1v) is 5.99. The minimum absolute atomic E-state index is 0.177. The van der Waals surface area contributed by atoms with E-state index in [1.807, 2.05) is 18.2 Å². The third-order valence-corrected chi connectivity index (χ3v) is 3.01. The number of hydrogen-bond donors (Lipinski definition) is 2. The topological polar surface area (TPSA) is 59.6 Å². The first kappa shape index (κ1) is 10.9. The summed E-state index contributed by atoms with van der Waals surface area (Å²) in [4.78, 5) is 4.08. The summed E-state index contributed by atoms with van der Waals surface area (Å²) >= 11 is 0. The molecule has 1 aliphatic heterocycles. The van der Waals surface area contributed by atoms with E-state index in [1.165, 1.54) is 10.8 Å². The lowest BCUT2D eigenvalue weighted by molar-refractivity contribution is 0.286. The summed E-state index contributed by atoms with van der Waals surface area (Å²) < 4.78 is 5.75. The van der Waals surface area contributed by atoms with Gasteiger partial charge in [-0.1, -0.05) is 30.3 Å². The van der Waals surface area contributed by atoms with Gasteiger partial charge in [-0.3, -0.25) is 4.99 Å². The van der Waals surface area contributed by atoms with Crippen LogP contribution in [0.25, 0.3) is 10.8 Å². The molecule has 92 valence electrons. The van der Waals surface area contributed by atoms with Gasteiger partial charge in [-0.15, -0.1) is 0 Å². The Balaban J connectivity index is 1.68. The molecule has 0 saturated heterocycles. The third kappa shape index (κ3) is 2.22. The zero-order valence-electron chi connectivity index (χ0n) is 9.97. The highest BCUT2D eigenvalue weighted by Gasteiger charge is 2.15. The molecule has 1 unspecified atom stereocenters. The Morgan fingerprint density at radius 3 is 2.83 bits per heavy atom. The van der Waals surface area contributed by atoms with Crippen LogP contribution in [0.1, 0.15) is 0 Å². The lowest BCUT2D eigenvalue weighted by Gasteiger charge is -2.12. The summed E-state index contributed by atoms with van der Waals surface area (Å²) in [6, 6.07) is 14.5. The summed E-state index contributed by atoms with van der Waals surface area (Å²) in [6.45, 7) is 1.25. The number of nitrogens with one attached hydrogen (secondary N) is 1. The van der Waals surface area contributed by atoms with Gasteiger partial charge in [-0.25, -0.2) is 0 Å². The van der Waals surface area contributed by atoms with Gasteiger partial charge in [0.2, 0.25) is 0 Å². The molecule has 2 aromatic carbocycles. The van der Waals surface area contributed by atoms with Crippen LogP contribution < -0.4 is 15.8 Å². The monoisotopic (exact) mass is 241 g/mol. The van der Waals surface area contributed by atoms with E-state index < -0.39 is 0 Å². The number of guanidine groups is 1. The fourth-order valence-electron chi connectivity index (χ4n) is 2.06. The first-order chi connectivity index (χ1) is 8.81. The van der Waals surface area contributed by atoms with Crippen LogP contribution in [0, 0.1) is 0 Å². The molecule has 18 heavy (non-hydrogen) atoms. The summed E-state index contributed by atoms with van der Waals surface area (Å²) in [5, 5.41) is 5.47. The van der Waals surface area contributed by atoms with E-state index in [4.69, 9.17) is 10.5 Å². The molecule has 1 aliphatic rings. The number of nitrogens with zero attached hydrogens (tertiary/aromatic N) is 1. The highest BCUT2D eigenvalue weighted by Crippen LogP contribution is 2.20. The molecule has 3 N–H and O–H groups in total. The fourth-order valence-corrected chi connectivity index (χ4v) is 2.06. The van der Waals surface area contributed by atoms with Crippen LogP contribution in [0.2, 0.25) is 0 Å². The Bertz CT molecular complexity index is 594. The minimum atomic E-state index is 0.177. The number of rotatable bonds is 3. The van der Waals surface area contributed by atoms with Crippen molar-refractivity contribution in [2.75, 3.05) is 13.2 Å². The number of aliphatic imine (C=N–C) groups is 1. The maximum atomic E-state index is 5.75. The lowest BCUT2D eigenvalue weighted by Crippen LogP contribution is -2.38. The Morgan fingerprint density at radius 1 is 1.22 bits per heavy atom. The second kappa shape index (κ2) is 4.56. The van der Waals surface area contributed by atoms with Gasteiger partial charge in [0.1, 0.15) is 12.4 Å². The number of hydrogen-bond acceptors (Lipinski definition) is 4. The van der Waals surface area contributed by atoms with Gasteiger partial charge < -0.3 is 15.8 Å². The van der Waals surface area contributed by atoms with Crippen molar-refractivity contribution in [1.29, 1.82) is 0 Å². The number of nitrogens with two attached hydrogens (primary N) is 1. The van der Waals surface area contributed by atoms with Crippen molar-refractivity contribution in [1.82, 2.24) is 5.32 Å². The summed E-state index contributed by atoms with van der Waals surface area (Å²) in [6.07, 6.45) is 0. The average Bonchev–Trinajstić information content (AvgIpc) is 2.82. The van der Waals surface area contributed by atoms with Crippen molar-refractivity contribution in [3.63, 3.8) is 0 Å². The molecule has 4 heteroatoms. The first-order valence-electron chi connectivity index (χ1n) is 5.99. The zero-order chi connectivity index (χ0) is 12.4. The van der Waals surface area contributed by atoms with E-state index in [9.17, 15) is 0 Å². The Kier molecular flexibility index (Phi) is 2.76. The van der Waals surface area contributed by atoms with Crippen LogP contribution >= 0.6 is 0 Å². The average molecular weight is 241 g/mol. The van der Waals surface area contributed by atoms with Gasteiger partial charge in [-0.2, -0.15) is 0 Å². The Labute approximate surface area is 105 Å². The summed E-state index contributed by atoms with van der Waals surface area (Å²) in [7, 11) is 0. The van der Waals surface area contributed by atoms with Gasteiger partial charge in [0, 0.05) is 0 Å². The van der Waals surface area contributed by atoms with Gasteiger partial charge in [0.05, 0.1) is 12.6 Å². The summed E-state index contributed by atoms with van der Waals surface area (Å²) in [5.74, 6) is 1.38. The maximum Gasteiger partial charge on any atom is 0.189 e. The number of benzene rings is 2. The molecule has 0 spiro atoms. The maximum absolute atomic E-state index is 5.75. The van der Waals surface area contributed by atoms with E-state index in [0.717, 1.165) is 5.75 Å². The van der Waals surface area contributed by atoms with E-state index in [2.05, 4.69) is 34.6 Å². The number of fused-ring (bicyclic) bond motifs is 1.